The smallest absolute Gasteiger partial charge is 0.370 e. The van der Waals surface area contributed by atoms with Gasteiger partial charge in [0.25, 0.3) is 0 Å². The van der Waals surface area contributed by atoms with Crippen LogP contribution in [-0.2, 0) is 23.7 Å². The molecule has 10 atom stereocenters. The average Bonchev–Trinajstić information content (AvgIpc) is 2.84. The van der Waals surface area contributed by atoms with Crippen LogP contribution in [0.3, 0.4) is 0 Å². The zero-order chi connectivity index (χ0) is 26.1. The first-order valence-electron chi connectivity index (χ1n) is 11.8. The molecule has 2 fully saturated rings. The van der Waals surface area contributed by atoms with Gasteiger partial charge in [0.05, 0.1) is 13.2 Å². The third-order valence-corrected chi connectivity index (χ3v) is 6.03. The van der Waals surface area contributed by atoms with Crippen LogP contribution in [0.25, 0.3) is 0 Å². The van der Waals surface area contributed by atoms with Crippen LogP contribution in [0.5, 0.6) is 0 Å². The Morgan fingerprint density at radius 2 is 1.37 bits per heavy atom. The molecule has 0 bridgehead atoms. The zero-order valence-corrected chi connectivity index (χ0v) is 19.6. The highest BCUT2D eigenvalue weighted by Crippen LogP contribution is 2.27. The minimum atomic E-state index is -1.78. The number of hydrogen-bond donors (Lipinski definition) is 8. The second-order valence-electron chi connectivity index (χ2n) is 8.74. The maximum atomic E-state index is 11.6. The molecule has 0 aromatic carbocycles. The van der Waals surface area contributed by atoms with Crippen molar-refractivity contribution >= 4 is 5.97 Å². The Morgan fingerprint density at radius 3 is 1.97 bits per heavy atom. The van der Waals surface area contributed by atoms with E-state index in [0.717, 1.165) is 32.1 Å². The van der Waals surface area contributed by atoms with Crippen LogP contribution in [0.1, 0.15) is 45.4 Å². The number of rotatable bonds is 13. The average molecular weight is 511 g/mol. The quantitative estimate of drug-likeness (QED) is 0.0762. The van der Waals surface area contributed by atoms with Crippen LogP contribution in [0, 0.1) is 0 Å². The Labute approximate surface area is 203 Å². The number of carboxylic acids is 1. The summed E-state index contributed by atoms with van der Waals surface area (Å²) in [7, 11) is 0. The van der Waals surface area contributed by atoms with Crippen LogP contribution in [0.4, 0.5) is 0 Å². The lowest BCUT2D eigenvalue weighted by atomic mass is 9.98. The number of carboxylic acid groups (broad SMARTS) is 1. The van der Waals surface area contributed by atoms with E-state index in [1.165, 1.54) is 6.08 Å². The van der Waals surface area contributed by atoms with Gasteiger partial charge in [-0.2, -0.15) is 0 Å². The van der Waals surface area contributed by atoms with Crippen LogP contribution in [0.2, 0.25) is 0 Å². The van der Waals surface area contributed by atoms with E-state index >= 15 is 0 Å². The molecule has 13 nitrogen and oxygen atoms in total. The van der Waals surface area contributed by atoms with Crippen LogP contribution < -0.4 is 0 Å². The molecular formula is C22H38O13. The van der Waals surface area contributed by atoms with E-state index in [4.69, 9.17) is 18.9 Å². The van der Waals surface area contributed by atoms with Gasteiger partial charge in [-0.05, 0) is 18.9 Å². The lowest BCUT2D eigenvalue weighted by molar-refractivity contribution is -0.327. The Balaban J connectivity index is 1.99. The molecule has 204 valence electrons. The van der Waals surface area contributed by atoms with Crippen molar-refractivity contribution in [2.24, 2.45) is 0 Å². The second kappa shape index (κ2) is 14.4. The lowest BCUT2D eigenvalue weighted by Gasteiger charge is -2.42. The number of ether oxygens (including phenoxy) is 4. The summed E-state index contributed by atoms with van der Waals surface area (Å²) in [6.45, 7) is 0.868. The molecule has 0 spiro atoms. The third kappa shape index (κ3) is 8.05. The molecule has 2 aliphatic heterocycles. The Kier molecular flexibility index (Phi) is 12.3. The molecule has 2 saturated heterocycles. The highest BCUT2D eigenvalue weighted by molar-refractivity contribution is 5.84. The summed E-state index contributed by atoms with van der Waals surface area (Å²) in [5, 5.41) is 79.2. The molecule has 35 heavy (non-hydrogen) atoms. The Bertz CT molecular complexity index is 672. The molecule has 0 aliphatic carbocycles. The van der Waals surface area contributed by atoms with Gasteiger partial charge in [-0.25, -0.2) is 4.79 Å². The number of hydrogen-bond acceptors (Lipinski definition) is 12. The van der Waals surface area contributed by atoms with E-state index in [0.29, 0.717) is 6.42 Å². The van der Waals surface area contributed by atoms with Crippen LogP contribution in [0.15, 0.2) is 11.8 Å². The van der Waals surface area contributed by atoms with Crippen molar-refractivity contribution in [2.75, 3.05) is 13.2 Å². The number of carbonyl (C=O) groups is 1. The van der Waals surface area contributed by atoms with Crippen molar-refractivity contribution in [3.05, 3.63) is 11.8 Å². The van der Waals surface area contributed by atoms with Crippen molar-refractivity contribution < 1.29 is 64.6 Å². The fourth-order valence-electron chi connectivity index (χ4n) is 3.84. The van der Waals surface area contributed by atoms with Gasteiger partial charge in [0.1, 0.15) is 48.8 Å². The molecule has 13 heteroatoms. The maximum absolute atomic E-state index is 11.6. The van der Waals surface area contributed by atoms with Gasteiger partial charge in [-0.3, -0.25) is 0 Å². The van der Waals surface area contributed by atoms with Crippen LogP contribution in [-0.4, -0.2) is 121 Å². The normalized spacial score (nSPS) is 38.3. The Morgan fingerprint density at radius 1 is 0.800 bits per heavy atom. The maximum Gasteiger partial charge on any atom is 0.370 e. The SMILES string of the molecule is CCCCCCC/C=C(/O[C@H]1O[C@H](CO[C@H]2O[C@H](CO)[C@@H](O)[C@H](O)[C@H]2O)[C@@H](O)[C@H](O)[C@H]1O)C(=O)O. The van der Waals surface area contributed by atoms with Gasteiger partial charge >= 0.3 is 5.97 Å². The predicted octanol–water partition coefficient (Wildman–Crippen LogP) is -2.04. The molecule has 0 saturated carbocycles. The van der Waals surface area contributed by atoms with E-state index in [1.54, 1.807) is 0 Å². The standard InChI is InChI=1S/C22H38O13/c1-2-3-4-5-6-7-8-11(20(30)31)33-22-19(29)17(27)15(25)13(35-22)10-32-21-18(28)16(26)14(24)12(9-23)34-21/h8,12-19,21-29H,2-7,9-10H2,1H3,(H,30,31)/b11-8+/t12-,13-,14-,15-,16+,17+,18-,19-,21+,22+/m1/s1. The van der Waals surface area contributed by atoms with Crippen molar-refractivity contribution in [2.45, 2.75) is 107 Å². The molecule has 0 amide bonds. The van der Waals surface area contributed by atoms with Gasteiger partial charge in [-0.15, -0.1) is 0 Å². The molecule has 0 aromatic rings. The van der Waals surface area contributed by atoms with Crippen molar-refractivity contribution in [3.8, 4) is 0 Å². The van der Waals surface area contributed by atoms with E-state index in [-0.39, 0.29) is 0 Å². The number of allylic oxidation sites excluding steroid dienone is 1. The molecule has 2 rings (SSSR count). The molecule has 8 N–H and O–H groups in total. The summed E-state index contributed by atoms with van der Waals surface area (Å²) in [4.78, 5) is 11.6. The first-order valence-corrected chi connectivity index (χ1v) is 11.8. The molecule has 0 unspecified atom stereocenters. The minimum absolute atomic E-state index is 0.420. The minimum Gasteiger partial charge on any atom is -0.475 e. The topological polar surface area (TPSA) is 216 Å². The first-order chi connectivity index (χ1) is 16.6. The summed E-state index contributed by atoms with van der Waals surface area (Å²) in [6.07, 6.45) is -9.33. The predicted molar refractivity (Wildman–Crippen MR) is 117 cm³/mol. The second-order valence-corrected chi connectivity index (χ2v) is 8.74. The van der Waals surface area contributed by atoms with Crippen LogP contribution >= 0.6 is 0 Å². The number of unbranched alkanes of at least 4 members (excludes halogenated alkanes) is 5. The zero-order valence-electron chi connectivity index (χ0n) is 19.6. The summed E-state index contributed by atoms with van der Waals surface area (Å²) < 4.78 is 21.3. The van der Waals surface area contributed by atoms with Crippen molar-refractivity contribution in [1.29, 1.82) is 0 Å². The molecule has 0 radical (unpaired) electrons. The monoisotopic (exact) mass is 510 g/mol. The Hall–Kier alpha value is -1.39. The summed E-state index contributed by atoms with van der Waals surface area (Å²) in [6, 6.07) is 0. The van der Waals surface area contributed by atoms with Gasteiger partial charge in [0.2, 0.25) is 12.0 Å². The van der Waals surface area contributed by atoms with E-state index in [1.807, 2.05) is 0 Å². The third-order valence-electron chi connectivity index (χ3n) is 6.03. The van der Waals surface area contributed by atoms with Crippen molar-refractivity contribution in [1.82, 2.24) is 0 Å². The highest BCUT2D eigenvalue weighted by Gasteiger charge is 2.48. The number of aliphatic hydroxyl groups excluding tert-OH is 7. The van der Waals surface area contributed by atoms with E-state index in [9.17, 15) is 45.6 Å². The van der Waals surface area contributed by atoms with Crippen molar-refractivity contribution in [3.63, 3.8) is 0 Å². The molecule has 0 aromatic heterocycles. The number of aliphatic hydroxyl groups is 7. The van der Waals surface area contributed by atoms with Gasteiger partial charge in [-0.1, -0.05) is 32.6 Å². The fourth-order valence-corrected chi connectivity index (χ4v) is 3.84. The molecular weight excluding hydrogens is 472 g/mol. The van der Waals surface area contributed by atoms with Gasteiger partial charge < -0.3 is 59.8 Å². The molecule has 2 aliphatic rings. The van der Waals surface area contributed by atoms with Gasteiger partial charge in [0.15, 0.2) is 6.29 Å². The lowest BCUT2D eigenvalue weighted by Crippen LogP contribution is -2.61. The highest BCUT2D eigenvalue weighted by atomic mass is 16.7. The largest absolute Gasteiger partial charge is 0.475 e. The summed E-state index contributed by atoms with van der Waals surface area (Å²) >= 11 is 0. The van der Waals surface area contributed by atoms with E-state index in [2.05, 4.69) is 6.92 Å². The first kappa shape index (κ1) is 29.8. The molecule has 2 heterocycles. The fraction of sp³-hybridized carbons (Fsp3) is 0.864. The summed E-state index contributed by atoms with van der Waals surface area (Å²) in [5.41, 5.74) is 0. The summed E-state index contributed by atoms with van der Waals surface area (Å²) in [5.74, 6) is -1.88. The number of aliphatic carboxylic acids is 1. The van der Waals surface area contributed by atoms with Gasteiger partial charge in [0, 0.05) is 0 Å². The van der Waals surface area contributed by atoms with E-state index < -0.39 is 86.4 Å².